The van der Waals surface area contributed by atoms with E-state index in [4.69, 9.17) is 4.74 Å². The van der Waals surface area contributed by atoms with Crippen molar-refractivity contribution in [2.75, 3.05) is 0 Å². The smallest absolute Gasteiger partial charge is 0.345 e. The fourth-order valence-corrected chi connectivity index (χ4v) is 4.20. The Morgan fingerprint density at radius 3 is 1.69 bits per heavy atom. The van der Waals surface area contributed by atoms with Crippen molar-refractivity contribution in [1.82, 2.24) is 9.97 Å². The minimum atomic E-state index is -0.436. The third-order valence-electron chi connectivity index (χ3n) is 6.43. The fourth-order valence-electron chi connectivity index (χ4n) is 4.20. The topological polar surface area (TPSA) is 52.1 Å². The van der Waals surface area contributed by atoms with Gasteiger partial charge in [-0.25, -0.2) is 14.8 Å². The van der Waals surface area contributed by atoms with Crippen LogP contribution in [0.1, 0.15) is 99.5 Å². The van der Waals surface area contributed by atoms with Gasteiger partial charge in [-0.1, -0.05) is 102 Å². The molecule has 4 nitrogen and oxygen atoms in total. The summed E-state index contributed by atoms with van der Waals surface area (Å²) in [4.78, 5) is 21.0. The Morgan fingerprint density at radius 1 is 0.629 bits per heavy atom. The predicted molar refractivity (Wildman–Crippen MR) is 144 cm³/mol. The van der Waals surface area contributed by atoms with Gasteiger partial charge in [0, 0.05) is 18.0 Å². The minimum Gasteiger partial charge on any atom is -0.387 e. The zero-order valence-corrected chi connectivity index (χ0v) is 21.5. The van der Waals surface area contributed by atoms with E-state index in [0.717, 1.165) is 24.0 Å². The molecule has 3 aromatic rings. The maximum atomic E-state index is 12.5. The summed E-state index contributed by atoms with van der Waals surface area (Å²) in [5.41, 5.74) is 5.09. The molecule has 0 radical (unpaired) electrons. The van der Waals surface area contributed by atoms with E-state index in [9.17, 15) is 4.79 Å². The Hall–Kier alpha value is -3.01. The number of hydrogen-bond donors (Lipinski definition) is 0. The lowest BCUT2D eigenvalue weighted by Gasteiger charge is -2.06. The van der Waals surface area contributed by atoms with Gasteiger partial charge in [0.05, 0.1) is 5.56 Å². The minimum absolute atomic E-state index is 0.0714. The van der Waals surface area contributed by atoms with Crippen molar-refractivity contribution in [2.24, 2.45) is 0 Å². The first kappa shape index (κ1) is 26.6. The van der Waals surface area contributed by atoms with E-state index in [1.807, 2.05) is 24.3 Å². The number of aryl methyl sites for hydroxylation is 2. The second kappa shape index (κ2) is 15.1. The van der Waals surface area contributed by atoms with Crippen LogP contribution in [0.15, 0.2) is 60.9 Å². The molecule has 0 spiro atoms. The highest BCUT2D eigenvalue weighted by Gasteiger charge is 2.11. The van der Waals surface area contributed by atoms with Gasteiger partial charge < -0.3 is 4.74 Å². The molecule has 3 rings (SSSR count). The Labute approximate surface area is 211 Å². The van der Waals surface area contributed by atoms with Crippen LogP contribution in [0.25, 0.3) is 11.1 Å². The van der Waals surface area contributed by atoms with Gasteiger partial charge >= 0.3 is 12.0 Å². The van der Waals surface area contributed by atoms with Gasteiger partial charge in [-0.15, -0.1) is 0 Å². The quantitative estimate of drug-likeness (QED) is 0.165. The number of hydrogen-bond acceptors (Lipinski definition) is 4. The third-order valence-corrected chi connectivity index (χ3v) is 6.43. The fraction of sp³-hybridized carbons (Fsp3) is 0.452. The monoisotopic (exact) mass is 472 g/mol. The number of benzene rings is 2. The molecule has 2 aromatic carbocycles. The van der Waals surface area contributed by atoms with Crippen molar-refractivity contribution in [3.05, 3.63) is 77.6 Å². The van der Waals surface area contributed by atoms with Crippen molar-refractivity contribution < 1.29 is 9.53 Å². The zero-order chi connectivity index (χ0) is 24.7. The van der Waals surface area contributed by atoms with Crippen molar-refractivity contribution in [2.45, 2.75) is 90.9 Å². The highest BCUT2D eigenvalue weighted by atomic mass is 16.5. The first-order valence-electron chi connectivity index (χ1n) is 13.4. The molecule has 1 heterocycles. The van der Waals surface area contributed by atoms with Gasteiger partial charge in [0.25, 0.3) is 0 Å². The molecule has 0 unspecified atom stereocenters. The number of esters is 1. The Bertz CT molecular complexity index is 996. The molecule has 35 heavy (non-hydrogen) atoms. The van der Waals surface area contributed by atoms with Gasteiger partial charge in [0.2, 0.25) is 0 Å². The summed E-state index contributed by atoms with van der Waals surface area (Å²) >= 11 is 0. The number of carbonyl (C=O) groups is 1. The number of ether oxygens (including phenoxy) is 1. The summed E-state index contributed by atoms with van der Waals surface area (Å²) in [7, 11) is 0. The first-order chi connectivity index (χ1) is 17.2. The molecule has 4 heteroatoms. The van der Waals surface area contributed by atoms with Gasteiger partial charge in [0.15, 0.2) is 0 Å². The van der Waals surface area contributed by atoms with E-state index in [1.54, 1.807) is 12.4 Å². The standard InChI is InChI=1S/C31H40N2O2/c1-3-5-7-9-10-12-14-25-15-19-27(20-16-25)29-23-32-31(33-24-29)35-30(34)28-21-17-26(18-22-28)13-11-8-6-4-2/h15-24H,3-14H2,1-2H3. The summed E-state index contributed by atoms with van der Waals surface area (Å²) in [5, 5.41) is 0. The maximum Gasteiger partial charge on any atom is 0.345 e. The molecular weight excluding hydrogens is 432 g/mol. The van der Waals surface area contributed by atoms with Gasteiger partial charge in [-0.05, 0) is 54.5 Å². The lowest BCUT2D eigenvalue weighted by Crippen LogP contribution is -2.10. The number of rotatable bonds is 15. The molecule has 0 atom stereocenters. The average molecular weight is 473 g/mol. The Kier molecular flexibility index (Phi) is 11.5. The number of nitrogens with zero attached hydrogens (tertiary/aromatic N) is 2. The highest BCUT2D eigenvalue weighted by molar-refractivity contribution is 5.90. The normalized spacial score (nSPS) is 10.9. The SMILES string of the molecule is CCCCCCCCc1ccc(-c2cnc(OC(=O)c3ccc(CCCCCC)cc3)nc2)cc1. The Morgan fingerprint density at radius 2 is 1.11 bits per heavy atom. The van der Waals surface area contributed by atoms with E-state index < -0.39 is 5.97 Å². The molecular formula is C31H40N2O2. The average Bonchev–Trinajstić information content (AvgIpc) is 2.90. The molecule has 0 N–H and O–H groups in total. The van der Waals surface area contributed by atoms with Crippen LogP contribution in [0.2, 0.25) is 0 Å². The van der Waals surface area contributed by atoms with Crippen LogP contribution in [-0.4, -0.2) is 15.9 Å². The molecule has 0 aliphatic heterocycles. The number of aromatic nitrogens is 2. The summed E-state index contributed by atoms with van der Waals surface area (Å²) in [6, 6.07) is 16.3. The first-order valence-corrected chi connectivity index (χ1v) is 13.4. The van der Waals surface area contributed by atoms with Crippen LogP contribution in [0.4, 0.5) is 0 Å². The van der Waals surface area contributed by atoms with E-state index in [0.29, 0.717) is 5.56 Å². The highest BCUT2D eigenvalue weighted by Crippen LogP contribution is 2.21. The summed E-state index contributed by atoms with van der Waals surface area (Å²) in [6.07, 6.45) is 18.4. The Balaban J connectivity index is 1.46. The van der Waals surface area contributed by atoms with Crippen molar-refractivity contribution in [3.8, 4) is 17.1 Å². The molecule has 0 bridgehead atoms. The zero-order valence-electron chi connectivity index (χ0n) is 21.5. The van der Waals surface area contributed by atoms with Crippen molar-refractivity contribution in [3.63, 3.8) is 0 Å². The van der Waals surface area contributed by atoms with Gasteiger partial charge in [0.1, 0.15) is 0 Å². The van der Waals surface area contributed by atoms with Crippen molar-refractivity contribution in [1.29, 1.82) is 0 Å². The lowest BCUT2D eigenvalue weighted by molar-refractivity contribution is 0.0719. The van der Waals surface area contributed by atoms with Crippen LogP contribution in [-0.2, 0) is 12.8 Å². The van der Waals surface area contributed by atoms with Crippen LogP contribution in [0.3, 0.4) is 0 Å². The molecule has 0 aliphatic rings. The molecule has 1 aromatic heterocycles. The number of unbranched alkanes of at least 4 members (excludes halogenated alkanes) is 8. The van der Waals surface area contributed by atoms with Crippen LogP contribution in [0, 0.1) is 0 Å². The molecule has 0 amide bonds. The predicted octanol–water partition coefficient (Wildman–Crippen LogP) is 8.39. The molecule has 186 valence electrons. The molecule has 0 saturated heterocycles. The summed E-state index contributed by atoms with van der Waals surface area (Å²) in [6.45, 7) is 4.47. The van der Waals surface area contributed by atoms with E-state index >= 15 is 0 Å². The number of carbonyl (C=O) groups excluding carboxylic acids is 1. The van der Waals surface area contributed by atoms with E-state index in [-0.39, 0.29) is 6.01 Å². The van der Waals surface area contributed by atoms with Gasteiger partial charge in [-0.2, -0.15) is 0 Å². The maximum absolute atomic E-state index is 12.5. The van der Waals surface area contributed by atoms with Crippen LogP contribution < -0.4 is 4.74 Å². The molecule has 0 saturated carbocycles. The van der Waals surface area contributed by atoms with Crippen LogP contribution >= 0.6 is 0 Å². The summed E-state index contributed by atoms with van der Waals surface area (Å²) < 4.78 is 5.38. The lowest BCUT2D eigenvalue weighted by atomic mass is 10.0. The molecule has 0 aliphatic carbocycles. The largest absolute Gasteiger partial charge is 0.387 e. The second-order valence-electron chi connectivity index (χ2n) is 9.37. The third kappa shape index (κ3) is 9.28. The van der Waals surface area contributed by atoms with E-state index in [1.165, 1.54) is 75.3 Å². The second-order valence-corrected chi connectivity index (χ2v) is 9.37. The summed E-state index contributed by atoms with van der Waals surface area (Å²) in [5.74, 6) is -0.436. The van der Waals surface area contributed by atoms with Crippen molar-refractivity contribution >= 4 is 5.97 Å². The van der Waals surface area contributed by atoms with Gasteiger partial charge in [-0.3, -0.25) is 0 Å². The van der Waals surface area contributed by atoms with Crippen LogP contribution in [0.5, 0.6) is 6.01 Å². The van der Waals surface area contributed by atoms with E-state index in [2.05, 4.69) is 48.1 Å². The molecule has 0 fully saturated rings.